The number of Topliss-reactive ketones (excluding diaryl/α,β-unsaturated/α-hetero) is 1. The summed E-state index contributed by atoms with van der Waals surface area (Å²) < 4.78 is 29.3. The zero-order valence-corrected chi connectivity index (χ0v) is 14.5. The summed E-state index contributed by atoms with van der Waals surface area (Å²) in [6.07, 6.45) is 2.33. The van der Waals surface area contributed by atoms with Crippen molar-refractivity contribution in [3.8, 4) is 0 Å². The second-order valence-corrected chi connectivity index (χ2v) is 7.88. The smallest absolute Gasteiger partial charge is 0.217 e. The number of carbonyl (C=O) groups excluding carboxylic acids is 1. The summed E-state index contributed by atoms with van der Waals surface area (Å²) in [5.74, 6) is 0.415. The summed E-state index contributed by atoms with van der Waals surface area (Å²) in [7, 11) is -3.24. The average molecular weight is 373 g/mol. The van der Waals surface area contributed by atoms with Gasteiger partial charge in [0.25, 0.3) is 0 Å². The van der Waals surface area contributed by atoms with Crippen LogP contribution in [0, 0.1) is 0 Å². The van der Waals surface area contributed by atoms with E-state index in [0.717, 1.165) is 6.26 Å². The zero-order chi connectivity index (χ0) is 15.8. The fraction of sp³-hybridized carbons (Fsp3) is 0.400. The molecule has 0 radical (unpaired) electrons. The molecule has 21 heavy (non-hydrogen) atoms. The number of ether oxygens (including phenoxy) is 1. The topological polar surface area (TPSA) is 60.4 Å². The Morgan fingerprint density at radius 3 is 2.05 bits per heavy atom. The zero-order valence-electron chi connectivity index (χ0n) is 12.1. The SMILES string of the molecule is CCC1(CC)OC(c2ccc(S(C)(=O)=O)cc2)=C(Br)C1=O. The van der Waals surface area contributed by atoms with E-state index < -0.39 is 15.4 Å². The summed E-state index contributed by atoms with van der Waals surface area (Å²) in [5.41, 5.74) is -0.129. The van der Waals surface area contributed by atoms with Crippen molar-refractivity contribution in [3.05, 3.63) is 34.3 Å². The highest BCUT2D eigenvalue weighted by Crippen LogP contribution is 2.42. The molecule has 0 fully saturated rings. The Morgan fingerprint density at radius 2 is 1.67 bits per heavy atom. The normalized spacial score (nSPS) is 18.0. The van der Waals surface area contributed by atoms with Crippen LogP contribution >= 0.6 is 15.9 Å². The Labute approximate surface area is 133 Å². The lowest BCUT2D eigenvalue weighted by atomic mass is 9.93. The van der Waals surface area contributed by atoms with E-state index in [1.54, 1.807) is 12.1 Å². The van der Waals surface area contributed by atoms with E-state index in [2.05, 4.69) is 15.9 Å². The van der Waals surface area contributed by atoms with Gasteiger partial charge in [-0.2, -0.15) is 0 Å². The highest BCUT2D eigenvalue weighted by atomic mass is 79.9. The summed E-state index contributed by atoms with van der Waals surface area (Å²) in [6, 6.07) is 6.34. The maximum atomic E-state index is 12.4. The average Bonchev–Trinajstić information content (AvgIpc) is 2.72. The van der Waals surface area contributed by atoms with Gasteiger partial charge >= 0.3 is 0 Å². The number of carbonyl (C=O) groups is 1. The van der Waals surface area contributed by atoms with Gasteiger partial charge in [-0.25, -0.2) is 8.42 Å². The van der Waals surface area contributed by atoms with Gasteiger partial charge in [0.2, 0.25) is 5.78 Å². The number of hydrogen-bond acceptors (Lipinski definition) is 4. The lowest BCUT2D eigenvalue weighted by Gasteiger charge is -2.25. The van der Waals surface area contributed by atoms with Crippen molar-refractivity contribution in [1.29, 1.82) is 0 Å². The molecule has 1 aliphatic heterocycles. The minimum atomic E-state index is -3.24. The molecule has 1 aromatic carbocycles. The van der Waals surface area contributed by atoms with Gasteiger partial charge in [-0.05, 0) is 53.0 Å². The van der Waals surface area contributed by atoms with E-state index in [1.165, 1.54) is 12.1 Å². The third-order valence-electron chi connectivity index (χ3n) is 3.80. The van der Waals surface area contributed by atoms with Crippen molar-refractivity contribution in [2.24, 2.45) is 0 Å². The fourth-order valence-electron chi connectivity index (χ4n) is 2.34. The Bertz CT molecular complexity index is 698. The molecule has 0 N–H and O–H groups in total. The van der Waals surface area contributed by atoms with Gasteiger partial charge in [-0.1, -0.05) is 13.8 Å². The Hall–Kier alpha value is -1.14. The fourth-order valence-corrected chi connectivity index (χ4v) is 3.65. The van der Waals surface area contributed by atoms with Gasteiger partial charge in [-0.3, -0.25) is 4.79 Å². The minimum Gasteiger partial charge on any atom is -0.477 e. The molecule has 0 bridgehead atoms. The lowest BCUT2D eigenvalue weighted by Crippen LogP contribution is -2.35. The molecular formula is C15H17BrO4S. The Balaban J connectivity index is 2.42. The maximum Gasteiger partial charge on any atom is 0.217 e. The Morgan fingerprint density at radius 1 is 1.14 bits per heavy atom. The van der Waals surface area contributed by atoms with Gasteiger partial charge in [-0.15, -0.1) is 0 Å². The summed E-state index contributed by atoms with van der Waals surface area (Å²) in [5, 5.41) is 0. The molecule has 0 spiro atoms. The van der Waals surface area contributed by atoms with E-state index in [0.29, 0.717) is 28.6 Å². The molecule has 114 valence electrons. The van der Waals surface area contributed by atoms with Crippen molar-refractivity contribution in [1.82, 2.24) is 0 Å². The molecule has 4 nitrogen and oxygen atoms in total. The number of hydrogen-bond donors (Lipinski definition) is 0. The van der Waals surface area contributed by atoms with E-state index in [-0.39, 0.29) is 10.7 Å². The molecule has 1 heterocycles. The van der Waals surface area contributed by atoms with Crippen molar-refractivity contribution >= 4 is 37.3 Å². The van der Waals surface area contributed by atoms with E-state index >= 15 is 0 Å². The summed E-state index contributed by atoms with van der Waals surface area (Å²) in [4.78, 5) is 12.6. The van der Waals surface area contributed by atoms with Crippen LogP contribution in [0.4, 0.5) is 0 Å². The molecular weight excluding hydrogens is 356 g/mol. The van der Waals surface area contributed by atoms with Crippen LogP contribution in [0.5, 0.6) is 0 Å². The molecule has 0 saturated carbocycles. The second-order valence-electron chi connectivity index (χ2n) is 5.07. The summed E-state index contributed by atoms with van der Waals surface area (Å²) in [6.45, 7) is 3.83. The molecule has 0 aliphatic carbocycles. The van der Waals surface area contributed by atoms with Crippen LogP contribution in [0.1, 0.15) is 32.3 Å². The van der Waals surface area contributed by atoms with E-state index in [1.807, 2.05) is 13.8 Å². The number of ketones is 1. The Kier molecular flexibility index (Phi) is 4.31. The van der Waals surface area contributed by atoms with Crippen molar-refractivity contribution in [3.63, 3.8) is 0 Å². The van der Waals surface area contributed by atoms with Gasteiger partial charge in [0, 0.05) is 11.8 Å². The summed E-state index contributed by atoms with van der Waals surface area (Å²) >= 11 is 3.31. The lowest BCUT2D eigenvalue weighted by molar-refractivity contribution is -0.129. The van der Waals surface area contributed by atoms with Crippen LogP contribution in [0.3, 0.4) is 0 Å². The van der Waals surface area contributed by atoms with Crippen LogP contribution in [0.25, 0.3) is 5.76 Å². The predicted octanol–water partition coefficient (Wildman–Crippen LogP) is 3.31. The highest BCUT2D eigenvalue weighted by Gasteiger charge is 2.46. The van der Waals surface area contributed by atoms with Crippen LogP contribution in [-0.2, 0) is 19.4 Å². The third-order valence-corrected chi connectivity index (χ3v) is 5.65. The molecule has 1 aromatic rings. The monoisotopic (exact) mass is 372 g/mol. The van der Waals surface area contributed by atoms with E-state index in [4.69, 9.17) is 4.74 Å². The van der Waals surface area contributed by atoms with E-state index in [9.17, 15) is 13.2 Å². The minimum absolute atomic E-state index is 0.0605. The number of sulfone groups is 1. The molecule has 0 unspecified atom stereocenters. The number of benzene rings is 1. The first kappa shape index (κ1) is 16.2. The maximum absolute atomic E-state index is 12.4. The molecule has 6 heteroatoms. The largest absolute Gasteiger partial charge is 0.477 e. The van der Waals surface area contributed by atoms with Crippen molar-refractivity contribution in [2.45, 2.75) is 37.2 Å². The third kappa shape index (κ3) is 2.79. The van der Waals surface area contributed by atoms with Crippen molar-refractivity contribution < 1.29 is 17.9 Å². The van der Waals surface area contributed by atoms with Gasteiger partial charge in [0.15, 0.2) is 15.4 Å². The second kappa shape index (κ2) is 5.57. The molecule has 0 atom stereocenters. The first-order chi connectivity index (χ1) is 9.75. The van der Waals surface area contributed by atoms with Gasteiger partial charge in [0.1, 0.15) is 10.2 Å². The molecule has 0 amide bonds. The number of rotatable bonds is 4. The molecule has 0 saturated heterocycles. The standard InChI is InChI=1S/C15H17BrO4S/c1-4-15(5-2)14(17)12(16)13(20-15)10-6-8-11(9-7-10)21(3,18)19/h6-9H,4-5H2,1-3H3. The first-order valence-corrected chi connectivity index (χ1v) is 9.37. The first-order valence-electron chi connectivity index (χ1n) is 6.69. The van der Waals surface area contributed by atoms with Crippen LogP contribution < -0.4 is 0 Å². The predicted molar refractivity (Wildman–Crippen MR) is 84.8 cm³/mol. The van der Waals surface area contributed by atoms with Gasteiger partial charge in [0.05, 0.1) is 4.90 Å². The molecule has 0 aromatic heterocycles. The van der Waals surface area contributed by atoms with Crippen LogP contribution in [0.15, 0.2) is 33.6 Å². The van der Waals surface area contributed by atoms with Crippen LogP contribution in [-0.4, -0.2) is 26.1 Å². The molecule has 1 aliphatic rings. The highest BCUT2D eigenvalue weighted by molar-refractivity contribution is 9.12. The van der Waals surface area contributed by atoms with Crippen LogP contribution in [0.2, 0.25) is 0 Å². The molecule has 2 rings (SSSR count). The quantitative estimate of drug-likeness (QED) is 0.813. The number of halogens is 1. The van der Waals surface area contributed by atoms with Crippen molar-refractivity contribution in [2.75, 3.05) is 6.26 Å². The van der Waals surface area contributed by atoms with Gasteiger partial charge < -0.3 is 4.74 Å².